The summed E-state index contributed by atoms with van der Waals surface area (Å²) in [7, 11) is 0. The average Bonchev–Trinajstić information content (AvgIpc) is 2.98. The molecule has 0 aliphatic carbocycles. The molecule has 5 nitrogen and oxygen atoms in total. The van der Waals surface area contributed by atoms with Gasteiger partial charge in [0.05, 0.1) is 0 Å². The topological polar surface area (TPSA) is 66.5 Å². The highest BCUT2D eigenvalue weighted by molar-refractivity contribution is 6.01. The highest BCUT2D eigenvalue weighted by atomic mass is 16.2. The Kier molecular flexibility index (Phi) is 9.18. The molecule has 0 radical (unpaired) electrons. The Bertz CT molecular complexity index is 648. The first-order valence-electron chi connectivity index (χ1n) is 10.7. The first-order valence-corrected chi connectivity index (χ1v) is 10.7. The molecule has 0 spiro atoms. The number of unbranched alkanes of at least 4 members (excludes halogenated alkanes) is 7. The number of rotatable bonds is 12. The summed E-state index contributed by atoms with van der Waals surface area (Å²) in [4.78, 5) is 36.6. The molecule has 1 aliphatic heterocycles. The van der Waals surface area contributed by atoms with Crippen LogP contribution in [-0.4, -0.2) is 29.2 Å². The number of para-hydroxylation sites is 1. The molecule has 0 saturated carbocycles. The third-order valence-electron chi connectivity index (χ3n) is 5.44. The fraction of sp³-hybridized carbons (Fsp3) is 0.609. The van der Waals surface area contributed by atoms with Crippen LogP contribution in [0.5, 0.6) is 0 Å². The van der Waals surface area contributed by atoms with E-state index in [0.29, 0.717) is 25.8 Å². The van der Waals surface area contributed by atoms with Crippen LogP contribution < -0.4 is 5.32 Å². The number of nitrogens with zero attached hydrogens (tertiary/aromatic N) is 1. The predicted octanol–water partition coefficient (Wildman–Crippen LogP) is 4.90. The van der Waals surface area contributed by atoms with Crippen molar-refractivity contribution < 1.29 is 14.4 Å². The van der Waals surface area contributed by atoms with Crippen LogP contribution >= 0.6 is 0 Å². The molecule has 3 amide bonds. The van der Waals surface area contributed by atoms with Crippen molar-refractivity contribution in [2.24, 2.45) is 0 Å². The number of amides is 3. The maximum absolute atomic E-state index is 12.1. The Morgan fingerprint density at radius 3 is 1.93 bits per heavy atom. The zero-order chi connectivity index (χ0) is 20.4. The molecule has 2 rings (SSSR count). The number of hydrogen-bond acceptors (Lipinski definition) is 3. The smallest absolute Gasteiger partial charge is 0.229 e. The van der Waals surface area contributed by atoms with E-state index >= 15 is 0 Å². The van der Waals surface area contributed by atoms with Crippen molar-refractivity contribution in [3.63, 3.8) is 0 Å². The summed E-state index contributed by atoms with van der Waals surface area (Å²) in [5.41, 5.74) is 3.16. The van der Waals surface area contributed by atoms with Gasteiger partial charge in [-0.2, -0.15) is 0 Å². The zero-order valence-corrected chi connectivity index (χ0v) is 17.4. The van der Waals surface area contributed by atoms with E-state index in [1.54, 1.807) is 0 Å². The van der Waals surface area contributed by atoms with Crippen molar-refractivity contribution in [2.75, 3.05) is 11.9 Å². The molecule has 1 fully saturated rings. The minimum absolute atomic E-state index is 0.00776. The fourth-order valence-corrected chi connectivity index (χ4v) is 3.70. The maximum Gasteiger partial charge on any atom is 0.229 e. The molecule has 0 bridgehead atoms. The van der Waals surface area contributed by atoms with Crippen LogP contribution in [-0.2, 0) is 14.4 Å². The van der Waals surface area contributed by atoms with Crippen molar-refractivity contribution >= 4 is 23.4 Å². The van der Waals surface area contributed by atoms with E-state index in [0.717, 1.165) is 55.3 Å². The second-order valence-corrected chi connectivity index (χ2v) is 7.83. The van der Waals surface area contributed by atoms with Gasteiger partial charge in [-0.05, 0) is 37.8 Å². The van der Waals surface area contributed by atoms with Crippen LogP contribution in [0.15, 0.2) is 18.2 Å². The van der Waals surface area contributed by atoms with Crippen molar-refractivity contribution in [3.8, 4) is 0 Å². The Hall–Kier alpha value is -2.17. The first kappa shape index (κ1) is 22.1. The number of benzene rings is 1. The van der Waals surface area contributed by atoms with Gasteiger partial charge in [0.1, 0.15) is 0 Å². The Morgan fingerprint density at radius 1 is 0.857 bits per heavy atom. The van der Waals surface area contributed by atoms with E-state index in [1.165, 1.54) is 17.7 Å². The lowest BCUT2D eigenvalue weighted by atomic mass is 10.1. The van der Waals surface area contributed by atoms with Crippen LogP contribution in [0.1, 0.15) is 81.8 Å². The molecule has 1 aromatic carbocycles. The van der Waals surface area contributed by atoms with Gasteiger partial charge in [-0.1, -0.05) is 56.7 Å². The van der Waals surface area contributed by atoms with Gasteiger partial charge in [0.25, 0.3) is 0 Å². The Morgan fingerprint density at radius 2 is 1.36 bits per heavy atom. The van der Waals surface area contributed by atoms with Gasteiger partial charge in [-0.25, -0.2) is 0 Å². The van der Waals surface area contributed by atoms with Crippen LogP contribution in [0.3, 0.4) is 0 Å². The summed E-state index contributed by atoms with van der Waals surface area (Å²) in [5.74, 6) is 0.0849. The molecule has 0 unspecified atom stereocenters. The standard InChI is InChI=1S/C23H34N2O3/c1-18-12-11-13-19(2)23(18)24-20(26)14-9-7-5-3-4-6-8-10-17-25-21(27)15-16-22(25)28/h11-13H,3-10,14-17H2,1-2H3,(H,24,26). The number of carbonyl (C=O) groups excluding carboxylic acids is 3. The summed E-state index contributed by atoms with van der Waals surface area (Å²) in [6.45, 7) is 4.63. The van der Waals surface area contributed by atoms with E-state index in [1.807, 2.05) is 32.0 Å². The normalized spacial score (nSPS) is 14.0. The van der Waals surface area contributed by atoms with Crippen LogP contribution in [0.2, 0.25) is 0 Å². The number of anilines is 1. The number of aryl methyl sites for hydroxylation is 2. The SMILES string of the molecule is Cc1cccc(C)c1NC(=O)CCCCCCCCCCN1C(=O)CCC1=O. The third kappa shape index (κ3) is 7.10. The zero-order valence-electron chi connectivity index (χ0n) is 17.4. The molecule has 1 N–H and O–H groups in total. The fourth-order valence-electron chi connectivity index (χ4n) is 3.70. The van der Waals surface area contributed by atoms with E-state index < -0.39 is 0 Å². The van der Waals surface area contributed by atoms with Crippen molar-refractivity contribution in [2.45, 2.75) is 84.5 Å². The molecule has 28 heavy (non-hydrogen) atoms. The first-order chi connectivity index (χ1) is 13.5. The lowest BCUT2D eigenvalue weighted by molar-refractivity contribution is -0.138. The summed E-state index contributed by atoms with van der Waals surface area (Å²) < 4.78 is 0. The molecule has 0 atom stereocenters. The minimum Gasteiger partial charge on any atom is -0.326 e. The summed E-state index contributed by atoms with van der Waals surface area (Å²) >= 11 is 0. The minimum atomic E-state index is -0.00776. The van der Waals surface area contributed by atoms with E-state index in [-0.39, 0.29) is 17.7 Å². The molecular weight excluding hydrogens is 352 g/mol. The second kappa shape index (κ2) is 11.6. The largest absolute Gasteiger partial charge is 0.326 e. The van der Waals surface area contributed by atoms with Crippen molar-refractivity contribution in [1.82, 2.24) is 4.90 Å². The third-order valence-corrected chi connectivity index (χ3v) is 5.44. The number of nitrogens with one attached hydrogen (secondary N) is 1. The quantitative estimate of drug-likeness (QED) is 0.410. The van der Waals surface area contributed by atoms with E-state index in [2.05, 4.69) is 5.32 Å². The van der Waals surface area contributed by atoms with Crippen LogP contribution in [0.25, 0.3) is 0 Å². The molecule has 1 heterocycles. The second-order valence-electron chi connectivity index (χ2n) is 7.83. The number of likely N-dealkylation sites (tertiary alicyclic amines) is 1. The molecule has 1 saturated heterocycles. The number of hydrogen-bond donors (Lipinski definition) is 1. The monoisotopic (exact) mass is 386 g/mol. The summed E-state index contributed by atoms with van der Waals surface area (Å²) in [6, 6.07) is 6.04. The van der Waals surface area contributed by atoms with Gasteiger partial charge < -0.3 is 5.32 Å². The maximum atomic E-state index is 12.1. The van der Waals surface area contributed by atoms with E-state index in [4.69, 9.17) is 0 Å². The number of carbonyl (C=O) groups is 3. The Labute approximate surface area is 168 Å². The van der Waals surface area contributed by atoms with Gasteiger partial charge in [0.2, 0.25) is 17.7 Å². The lowest BCUT2D eigenvalue weighted by Gasteiger charge is -2.13. The van der Waals surface area contributed by atoms with Crippen LogP contribution in [0, 0.1) is 13.8 Å². The van der Waals surface area contributed by atoms with Gasteiger partial charge in [-0.3, -0.25) is 19.3 Å². The van der Waals surface area contributed by atoms with Crippen molar-refractivity contribution in [3.05, 3.63) is 29.3 Å². The highest BCUT2D eigenvalue weighted by Gasteiger charge is 2.27. The van der Waals surface area contributed by atoms with Gasteiger partial charge in [0, 0.05) is 31.5 Å². The molecule has 5 heteroatoms. The summed E-state index contributed by atoms with van der Waals surface area (Å²) in [6.07, 6.45) is 9.99. The lowest BCUT2D eigenvalue weighted by Crippen LogP contribution is -2.29. The molecule has 1 aliphatic rings. The van der Waals surface area contributed by atoms with Crippen LogP contribution in [0.4, 0.5) is 5.69 Å². The summed E-state index contributed by atoms with van der Waals surface area (Å²) in [5, 5.41) is 3.04. The predicted molar refractivity (Wildman–Crippen MR) is 112 cm³/mol. The van der Waals surface area contributed by atoms with Gasteiger partial charge >= 0.3 is 0 Å². The number of imide groups is 1. The van der Waals surface area contributed by atoms with E-state index in [9.17, 15) is 14.4 Å². The van der Waals surface area contributed by atoms with Crippen molar-refractivity contribution in [1.29, 1.82) is 0 Å². The molecular formula is C23H34N2O3. The van der Waals surface area contributed by atoms with Gasteiger partial charge in [-0.15, -0.1) is 0 Å². The average molecular weight is 387 g/mol. The highest BCUT2D eigenvalue weighted by Crippen LogP contribution is 2.20. The Balaban J connectivity index is 1.45. The van der Waals surface area contributed by atoms with Gasteiger partial charge in [0.15, 0.2) is 0 Å². The molecule has 0 aromatic heterocycles. The molecule has 1 aromatic rings. The molecule has 154 valence electrons.